The number of nitrogens with zero attached hydrogens (tertiary/aromatic N) is 1. The molecule has 1 rings (SSSR count). The molecule has 1 atom stereocenters. The first-order chi connectivity index (χ1) is 13.1. The van der Waals surface area contributed by atoms with Gasteiger partial charge >= 0.3 is 13.2 Å². The summed E-state index contributed by atoms with van der Waals surface area (Å²) in [7, 11) is -0.603. The monoisotopic (exact) mass is 391 g/mol. The number of carbonyl (C=O) groups is 1. The smallest absolute Gasteiger partial charge is 0.448 e. The standard InChI is InChI=1S/C22H38BNO4/c1-16(2)24(17(3)4)22(25)26-21(15-14-20-12-10-9-11-13-20)23(27-18(5)6)28-19(7)8/h9-13,16-19,21H,14-15H2,1-8H3/t21-/m1/s1. The van der Waals surface area contributed by atoms with Gasteiger partial charge in [-0.25, -0.2) is 4.79 Å². The highest BCUT2D eigenvalue weighted by molar-refractivity contribution is 6.46. The molecule has 0 aliphatic heterocycles. The summed E-state index contributed by atoms with van der Waals surface area (Å²) < 4.78 is 17.9. The second kappa shape index (κ2) is 12.1. The van der Waals surface area contributed by atoms with Crippen LogP contribution in [0.1, 0.15) is 67.4 Å². The first kappa shape index (κ1) is 24.5. The first-order valence-electron chi connectivity index (χ1n) is 10.5. The number of benzene rings is 1. The van der Waals surface area contributed by atoms with E-state index in [0.717, 1.165) is 6.42 Å². The maximum Gasteiger partial charge on any atom is 0.501 e. The van der Waals surface area contributed by atoms with Crippen molar-refractivity contribution in [3.05, 3.63) is 35.9 Å². The average molecular weight is 391 g/mol. The third-order valence-corrected chi connectivity index (χ3v) is 4.25. The molecule has 0 unspecified atom stereocenters. The maximum absolute atomic E-state index is 12.9. The largest absolute Gasteiger partial charge is 0.501 e. The van der Waals surface area contributed by atoms with Crippen molar-refractivity contribution in [2.24, 2.45) is 0 Å². The summed E-state index contributed by atoms with van der Waals surface area (Å²) in [5.41, 5.74) is 1.20. The molecule has 0 aliphatic rings. The summed E-state index contributed by atoms with van der Waals surface area (Å²) in [6.07, 6.45) is 1.01. The Morgan fingerprint density at radius 3 is 1.82 bits per heavy atom. The van der Waals surface area contributed by atoms with Crippen LogP contribution in [0, 0.1) is 0 Å². The lowest BCUT2D eigenvalue weighted by Gasteiger charge is -2.33. The van der Waals surface area contributed by atoms with Gasteiger partial charge in [-0.15, -0.1) is 0 Å². The molecule has 0 saturated heterocycles. The second-order valence-electron chi connectivity index (χ2n) is 8.28. The predicted molar refractivity (Wildman–Crippen MR) is 115 cm³/mol. The van der Waals surface area contributed by atoms with Crippen LogP contribution < -0.4 is 0 Å². The minimum absolute atomic E-state index is 0.0343. The Labute approximate surface area is 171 Å². The number of aryl methyl sites for hydroxylation is 1. The van der Waals surface area contributed by atoms with Crippen molar-refractivity contribution in [2.75, 3.05) is 0 Å². The van der Waals surface area contributed by atoms with E-state index < -0.39 is 13.1 Å². The fraction of sp³-hybridized carbons (Fsp3) is 0.682. The highest BCUT2D eigenvalue weighted by Crippen LogP contribution is 2.18. The van der Waals surface area contributed by atoms with E-state index >= 15 is 0 Å². The summed E-state index contributed by atoms with van der Waals surface area (Å²) >= 11 is 0. The van der Waals surface area contributed by atoms with Crippen LogP contribution >= 0.6 is 0 Å². The van der Waals surface area contributed by atoms with Gasteiger partial charge < -0.3 is 18.9 Å². The van der Waals surface area contributed by atoms with Gasteiger partial charge in [0.25, 0.3) is 0 Å². The summed E-state index contributed by atoms with van der Waals surface area (Å²) in [5.74, 6) is 0. The van der Waals surface area contributed by atoms with Crippen LogP contribution in [0.3, 0.4) is 0 Å². The molecule has 5 nitrogen and oxygen atoms in total. The summed E-state index contributed by atoms with van der Waals surface area (Å²) in [4.78, 5) is 14.7. The van der Waals surface area contributed by atoms with Gasteiger partial charge in [0, 0.05) is 24.3 Å². The highest BCUT2D eigenvalue weighted by Gasteiger charge is 2.37. The van der Waals surface area contributed by atoms with Crippen LogP contribution in [0.5, 0.6) is 0 Å². The molecule has 158 valence electrons. The van der Waals surface area contributed by atoms with E-state index in [0.29, 0.717) is 6.42 Å². The highest BCUT2D eigenvalue weighted by atomic mass is 16.6. The number of hydrogen-bond acceptors (Lipinski definition) is 4. The molecule has 1 amide bonds. The van der Waals surface area contributed by atoms with Crippen molar-refractivity contribution >= 4 is 13.2 Å². The molecular formula is C22H38BNO4. The van der Waals surface area contributed by atoms with Crippen LogP contribution in [0.4, 0.5) is 4.79 Å². The van der Waals surface area contributed by atoms with Gasteiger partial charge in [0.1, 0.15) is 6.00 Å². The minimum atomic E-state index is -0.603. The van der Waals surface area contributed by atoms with Crippen LogP contribution in [0.15, 0.2) is 30.3 Å². The number of hydrogen-bond donors (Lipinski definition) is 0. The molecule has 0 N–H and O–H groups in total. The Morgan fingerprint density at radius 2 is 1.39 bits per heavy atom. The molecule has 0 bridgehead atoms. The summed E-state index contributed by atoms with van der Waals surface area (Å²) in [6, 6.07) is 9.80. The fourth-order valence-corrected chi connectivity index (χ4v) is 3.16. The van der Waals surface area contributed by atoms with Crippen molar-refractivity contribution in [1.29, 1.82) is 0 Å². The zero-order chi connectivity index (χ0) is 21.3. The Hall–Kier alpha value is -1.53. The van der Waals surface area contributed by atoms with Gasteiger partial charge in [-0.2, -0.15) is 0 Å². The topological polar surface area (TPSA) is 48.0 Å². The lowest BCUT2D eigenvalue weighted by atomic mass is 9.76. The van der Waals surface area contributed by atoms with Gasteiger partial charge in [0.2, 0.25) is 0 Å². The Morgan fingerprint density at radius 1 is 0.893 bits per heavy atom. The molecule has 1 aromatic carbocycles. The van der Waals surface area contributed by atoms with E-state index in [4.69, 9.17) is 14.0 Å². The Kier molecular flexibility index (Phi) is 10.6. The van der Waals surface area contributed by atoms with E-state index in [1.54, 1.807) is 4.90 Å². The Balaban J connectivity index is 3.00. The molecule has 0 aromatic heterocycles. The molecule has 1 aromatic rings. The second-order valence-corrected chi connectivity index (χ2v) is 8.28. The van der Waals surface area contributed by atoms with E-state index in [1.807, 2.05) is 73.6 Å². The molecule has 6 heteroatoms. The van der Waals surface area contributed by atoms with Crippen molar-refractivity contribution in [3.8, 4) is 0 Å². The number of amides is 1. The lowest BCUT2D eigenvalue weighted by Crippen LogP contribution is -2.49. The third kappa shape index (κ3) is 8.66. The van der Waals surface area contributed by atoms with Crippen molar-refractivity contribution < 1.29 is 18.8 Å². The zero-order valence-corrected chi connectivity index (χ0v) is 18.8. The first-order valence-corrected chi connectivity index (χ1v) is 10.5. The van der Waals surface area contributed by atoms with Gasteiger partial charge in [0.05, 0.1) is 0 Å². The van der Waals surface area contributed by atoms with Crippen LogP contribution in [0.25, 0.3) is 0 Å². The summed E-state index contributed by atoms with van der Waals surface area (Å²) in [5, 5.41) is 0. The third-order valence-electron chi connectivity index (χ3n) is 4.25. The Bertz CT molecular complexity index is 545. The van der Waals surface area contributed by atoms with Gasteiger partial charge in [-0.3, -0.25) is 0 Å². The lowest BCUT2D eigenvalue weighted by molar-refractivity contribution is 0.0350. The molecule has 28 heavy (non-hydrogen) atoms. The van der Waals surface area contributed by atoms with E-state index in [9.17, 15) is 4.79 Å². The van der Waals surface area contributed by atoms with Gasteiger partial charge in [-0.05, 0) is 73.8 Å². The van der Waals surface area contributed by atoms with Crippen LogP contribution in [0.2, 0.25) is 0 Å². The quantitative estimate of drug-likeness (QED) is 0.491. The fourth-order valence-electron chi connectivity index (χ4n) is 3.16. The SMILES string of the molecule is CC(C)OB(OC(C)C)[C@@H](CCc1ccccc1)OC(=O)N(C(C)C)C(C)C. The van der Waals surface area contributed by atoms with Crippen molar-refractivity contribution in [2.45, 2.75) is 98.5 Å². The van der Waals surface area contributed by atoms with Crippen molar-refractivity contribution in [1.82, 2.24) is 4.90 Å². The van der Waals surface area contributed by atoms with Crippen molar-refractivity contribution in [3.63, 3.8) is 0 Å². The van der Waals surface area contributed by atoms with Crippen LogP contribution in [-0.2, 0) is 20.5 Å². The molecular weight excluding hydrogens is 353 g/mol. The normalized spacial score (nSPS) is 12.7. The van der Waals surface area contributed by atoms with Gasteiger partial charge in [-0.1, -0.05) is 30.3 Å². The van der Waals surface area contributed by atoms with Crippen LogP contribution in [-0.4, -0.2) is 48.4 Å². The molecule has 0 saturated carbocycles. The molecule has 0 aliphatic carbocycles. The van der Waals surface area contributed by atoms with E-state index in [2.05, 4.69) is 12.1 Å². The average Bonchev–Trinajstić information content (AvgIpc) is 2.57. The molecule has 0 spiro atoms. The summed E-state index contributed by atoms with van der Waals surface area (Å²) in [6.45, 7) is 15.8. The van der Waals surface area contributed by atoms with Gasteiger partial charge in [0.15, 0.2) is 0 Å². The zero-order valence-electron chi connectivity index (χ0n) is 18.8. The molecule has 0 fully saturated rings. The maximum atomic E-state index is 12.9. The molecule has 0 heterocycles. The predicted octanol–water partition coefficient (Wildman–Crippen LogP) is 5.12. The molecule has 0 radical (unpaired) electrons. The minimum Gasteiger partial charge on any atom is -0.448 e. The number of ether oxygens (including phenoxy) is 1. The number of carbonyl (C=O) groups excluding carboxylic acids is 1. The van der Waals surface area contributed by atoms with E-state index in [1.165, 1.54) is 5.56 Å². The number of rotatable bonds is 11. The van der Waals surface area contributed by atoms with E-state index in [-0.39, 0.29) is 30.4 Å².